The highest BCUT2D eigenvalue weighted by molar-refractivity contribution is 5.73. The van der Waals surface area contributed by atoms with E-state index in [4.69, 9.17) is 5.11 Å². The van der Waals surface area contributed by atoms with E-state index in [-0.39, 0.29) is 12.5 Å². The van der Waals surface area contributed by atoms with Gasteiger partial charge in [0.2, 0.25) is 5.91 Å². The Morgan fingerprint density at radius 3 is 2.23 bits per heavy atom. The summed E-state index contributed by atoms with van der Waals surface area (Å²) in [5.74, 6) is -2.12. The first-order valence-corrected chi connectivity index (χ1v) is 3.98. The topological polar surface area (TPSA) is 77.8 Å². The van der Waals surface area contributed by atoms with Gasteiger partial charge < -0.3 is 15.1 Å². The fraction of sp³-hybridized carbons (Fsp3) is 0.750. The van der Waals surface area contributed by atoms with E-state index >= 15 is 0 Å². The first kappa shape index (κ1) is 11.9. The molecule has 0 aliphatic heterocycles. The minimum atomic E-state index is -1.07. The monoisotopic (exact) mass is 189 g/mol. The minimum Gasteiger partial charge on any atom is -0.481 e. The van der Waals surface area contributed by atoms with Crippen LogP contribution in [0.2, 0.25) is 0 Å². The maximum absolute atomic E-state index is 10.7. The van der Waals surface area contributed by atoms with Crippen LogP contribution in [-0.4, -0.2) is 46.7 Å². The maximum Gasteiger partial charge on any atom is 0.308 e. The molecule has 0 aliphatic rings. The number of carboxylic acids is 1. The van der Waals surface area contributed by atoms with Crippen LogP contribution in [0.4, 0.5) is 0 Å². The SMILES string of the molecule is CC(=O)N(C)CC(O)C(C)C(=O)O. The number of nitrogens with zero attached hydrogens (tertiary/aromatic N) is 1. The van der Waals surface area contributed by atoms with Gasteiger partial charge in [-0.3, -0.25) is 9.59 Å². The van der Waals surface area contributed by atoms with Crippen molar-refractivity contribution in [3.05, 3.63) is 0 Å². The van der Waals surface area contributed by atoms with Crippen LogP contribution in [0.15, 0.2) is 0 Å². The van der Waals surface area contributed by atoms with E-state index in [1.165, 1.54) is 25.8 Å². The Bertz CT molecular complexity index is 204. The number of likely N-dealkylation sites (N-methyl/N-ethyl adjacent to an activating group) is 1. The highest BCUT2D eigenvalue weighted by Crippen LogP contribution is 2.04. The molecule has 0 bridgehead atoms. The summed E-state index contributed by atoms with van der Waals surface area (Å²) in [5, 5.41) is 17.9. The van der Waals surface area contributed by atoms with Gasteiger partial charge in [0.15, 0.2) is 0 Å². The van der Waals surface area contributed by atoms with Crippen molar-refractivity contribution < 1.29 is 19.8 Å². The summed E-state index contributed by atoms with van der Waals surface area (Å²) in [5.41, 5.74) is 0. The molecule has 2 atom stereocenters. The lowest BCUT2D eigenvalue weighted by atomic mass is 10.1. The van der Waals surface area contributed by atoms with Gasteiger partial charge in [-0.2, -0.15) is 0 Å². The predicted molar refractivity (Wildman–Crippen MR) is 46.1 cm³/mol. The molecule has 0 heterocycles. The van der Waals surface area contributed by atoms with Crippen LogP contribution in [0.25, 0.3) is 0 Å². The molecule has 0 aromatic rings. The Labute approximate surface area is 77.0 Å². The molecule has 5 nitrogen and oxygen atoms in total. The summed E-state index contributed by atoms with van der Waals surface area (Å²) in [6.45, 7) is 2.81. The summed E-state index contributed by atoms with van der Waals surface area (Å²) in [6.07, 6.45) is -1.02. The number of amides is 1. The number of carbonyl (C=O) groups is 2. The van der Waals surface area contributed by atoms with E-state index in [0.29, 0.717) is 0 Å². The van der Waals surface area contributed by atoms with E-state index in [0.717, 1.165) is 0 Å². The smallest absolute Gasteiger partial charge is 0.308 e. The number of aliphatic hydroxyl groups excluding tert-OH is 1. The maximum atomic E-state index is 10.7. The lowest BCUT2D eigenvalue weighted by Crippen LogP contribution is -2.38. The zero-order valence-electron chi connectivity index (χ0n) is 8.02. The molecule has 0 saturated heterocycles. The van der Waals surface area contributed by atoms with Crippen molar-refractivity contribution in [2.24, 2.45) is 5.92 Å². The quantitative estimate of drug-likeness (QED) is 0.627. The molecule has 0 aliphatic carbocycles. The molecule has 5 heteroatoms. The average Bonchev–Trinajstić information content (AvgIpc) is 2.02. The van der Waals surface area contributed by atoms with Crippen LogP contribution in [-0.2, 0) is 9.59 Å². The van der Waals surface area contributed by atoms with Crippen LogP contribution >= 0.6 is 0 Å². The molecule has 0 fully saturated rings. The Morgan fingerprint density at radius 2 is 1.92 bits per heavy atom. The van der Waals surface area contributed by atoms with E-state index in [2.05, 4.69) is 0 Å². The predicted octanol–water partition coefficient (Wildman–Crippen LogP) is -0.454. The lowest BCUT2D eigenvalue weighted by molar-refractivity contribution is -0.146. The van der Waals surface area contributed by atoms with Crippen molar-refractivity contribution in [1.82, 2.24) is 4.90 Å². The molecular weight excluding hydrogens is 174 g/mol. The third kappa shape index (κ3) is 3.89. The van der Waals surface area contributed by atoms with E-state index < -0.39 is 18.0 Å². The third-order valence-electron chi connectivity index (χ3n) is 1.97. The van der Waals surface area contributed by atoms with Gasteiger partial charge in [0.25, 0.3) is 0 Å². The second-order valence-electron chi connectivity index (χ2n) is 3.09. The van der Waals surface area contributed by atoms with Crippen LogP contribution in [0.5, 0.6) is 0 Å². The molecule has 0 radical (unpaired) electrons. The number of hydrogen-bond acceptors (Lipinski definition) is 3. The van der Waals surface area contributed by atoms with Gasteiger partial charge in [-0.05, 0) is 6.92 Å². The average molecular weight is 189 g/mol. The third-order valence-corrected chi connectivity index (χ3v) is 1.97. The van der Waals surface area contributed by atoms with Crippen molar-refractivity contribution in [2.45, 2.75) is 20.0 Å². The van der Waals surface area contributed by atoms with Crippen LogP contribution in [0.1, 0.15) is 13.8 Å². The number of carboxylic acid groups (broad SMARTS) is 1. The molecule has 0 spiro atoms. The number of carbonyl (C=O) groups excluding carboxylic acids is 1. The Morgan fingerprint density at radius 1 is 1.46 bits per heavy atom. The minimum absolute atomic E-state index is 0.0444. The van der Waals surface area contributed by atoms with Crippen LogP contribution < -0.4 is 0 Å². The van der Waals surface area contributed by atoms with Gasteiger partial charge in [0, 0.05) is 20.5 Å². The molecular formula is C8H15NO4. The van der Waals surface area contributed by atoms with Gasteiger partial charge in [0.1, 0.15) is 0 Å². The summed E-state index contributed by atoms with van der Waals surface area (Å²) in [4.78, 5) is 22.4. The second-order valence-corrected chi connectivity index (χ2v) is 3.09. The zero-order chi connectivity index (χ0) is 10.6. The molecule has 76 valence electrons. The molecule has 13 heavy (non-hydrogen) atoms. The second kappa shape index (κ2) is 4.81. The summed E-state index contributed by atoms with van der Waals surface area (Å²) < 4.78 is 0. The first-order chi connectivity index (χ1) is 5.86. The number of hydrogen-bond donors (Lipinski definition) is 2. The standard InChI is InChI=1S/C8H15NO4/c1-5(8(12)13)7(11)4-9(3)6(2)10/h5,7,11H,4H2,1-3H3,(H,12,13). The molecule has 0 saturated carbocycles. The highest BCUT2D eigenvalue weighted by Gasteiger charge is 2.22. The molecule has 0 aromatic carbocycles. The summed E-state index contributed by atoms with van der Waals surface area (Å²) >= 11 is 0. The fourth-order valence-corrected chi connectivity index (χ4v) is 0.732. The molecule has 0 rings (SSSR count). The Balaban J connectivity index is 4.06. The van der Waals surface area contributed by atoms with Gasteiger partial charge in [0.05, 0.1) is 12.0 Å². The van der Waals surface area contributed by atoms with Crippen molar-refractivity contribution in [3.63, 3.8) is 0 Å². The van der Waals surface area contributed by atoms with Gasteiger partial charge >= 0.3 is 5.97 Å². The molecule has 0 aromatic heterocycles. The normalized spacial score (nSPS) is 14.8. The lowest BCUT2D eigenvalue weighted by Gasteiger charge is -2.21. The van der Waals surface area contributed by atoms with Crippen LogP contribution in [0, 0.1) is 5.92 Å². The van der Waals surface area contributed by atoms with Crippen molar-refractivity contribution in [3.8, 4) is 0 Å². The summed E-state index contributed by atoms with van der Waals surface area (Å²) in [7, 11) is 1.51. The van der Waals surface area contributed by atoms with Gasteiger partial charge in [-0.25, -0.2) is 0 Å². The van der Waals surface area contributed by atoms with E-state index in [9.17, 15) is 14.7 Å². The van der Waals surface area contributed by atoms with Crippen molar-refractivity contribution in [1.29, 1.82) is 0 Å². The van der Waals surface area contributed by atoms with E-state index in [1.54, 1.807) is 0 Å². The Kier molecular flexibility index (Phi) is 4.40. The largest absolute Gasteiger partial charge is 0.481 e. The molecule has 2 unspecified atom stereocenters. The Hall–Kier alpha value is -1.10. The zero-order valence-corrected chi connectivity index (χ0v) is 8.02. The highest BCUT2D eigenvalue weighted by atomic mass is 16.4. The first-order valence-electron chi connectivity index (χ1n) is 3.98. The number of aliphatic hydroxyl groups is 1. The van der Waals surface area contributed by atoms with Crippen LogP contribution in [0.3, 0.4) is 0 Å². The molecule has 1 amide bonds. The fourth-order valence-electron chi connectivity index (χ4n) is 0.732. The summed E-state index contributed by atoms with van der Waals surface area (Å²) in [6, 6.07) is 0. The van der Waals surface area contributed by atoms with Crippen molar-refractivity contribution >= 4 is 11.9 Å². The van der Waals surface area contributed by atoms with E-state index in [1.807, 2.05) is 0 Å². The number of rotatable bonds is 4. The number of aliphatic carboxylic acids is 1. The van der Waals surface area contributed by atoms with Crippen molar-refractivity contribution in [2.75, 3.05) is 13.6 Å². The molecule has 2 N–H and O–H groups in total. The van der Waals surface area contributed by atoms with Gasteiger partial charge in [-0.1, -0.05) is 0 Å². The van der Waals surface area contributed by atoms with Gasteiger partial charge in [-0.15, -0.1) is 0 Å².